The van der Waals surface area contributed by atoms with Gasteiger partial charge in [-0.25, -0.2) is 4.79 Å². The topological polar surface area (TPSA) is 75.7 Å². The lowest BCUT2D eigenvalue weighted by atomic mass is 9.92. The highest BCUT2D eigenvalue weighted by molar-refractivity contribution is 6.35. The van der Waals surface area contributed by atoms with Crippen LogP contribution in [0.25, 0.3) is 0 Å². The van der Waals surface area contributed by atoms with Crippen LogP contribution in [0.3, 0.4) is 0 Å². The van der Waals surface area contributed by atoms with Crippen LogP contribution in [0.5, 0.6) is 0 Å². The molecule has 1 aromatic carbocycles. The van der Waals surface area contributed by atoms with Crippen LogP contribution in [0.2, 0.25) is 10.0 Å². The largest absolute Gasteiger partial charge is 0.459 e. The first kappa shape index (κ1) is 20.5. The van der Waals surface area contributed by atoms with Gasteiger partial charge in [0.15, 0.2) is 0 Å². The summed E-state index contributed by atoms with van der Waals surface area (Å²) in [7, 11) is 0. The lowest BCUT2D eigenvalue weighted by Crippen LogP contribution is -2.44. The van der Waals surface area contributed by atoms with E-state index in [0.717, 1.165) is 11.3 Å². The molecule has 0 bridgehead atoms. The number of benzene rings is 1. The summed E-state index contributed by atoms with van der Waals surface area (Å²) >= 11 is 11.8. The van der Waals surface area contributed by atoms with E-state index < -0.39 is 30.0 Å². The second kappa shape index (κ2) is 8.27. The molecule has 8 heteroatoms. The Kier molecular flexibility index (Phi) is 6.53. The van der Waals surface area contributed by atoms with Gasteiger partial charge in [-0.2, -0.15) is 0 Å². The fourth-order valence-electron chi connectivity index (χ4n) is 2.61. The van der Waals surface area contributed by atoms with Crippen LogP contribution in [-0.4, -0.2) is 34.9 Å². The van der Waals surface area contributed by atoms with Gasteiger partial charge in [-0.3, -0.25) is 14.5 Å². The molecule has 1 aromatic rings. The molecule has 1 aliphatic heterocycles. The van der Waals surface area contributed by atoms with E-state index >= 15 is 0 Å². The third kappa shape index (κ3) is 4.89. The van der Waals surface area contributed by atoms with E-state index in [9.17, 15) is 14.4 Å². The van der Waals surface area contributed by atoms with Crippen molar-refractivity contribution < 1.29 is 19.1 Å². The van der Waals surface area contributed by atoms with Gasteiger partial charge in [0.25, 0.3) is 5.91 Å². The fraction of sp³-hybridized carbons (Fsp3) is 0.500. The number of urea groups is 1. The van der Waals surface area contributed by atoms with Crippen molar-refractivity contribution in [2.75, 3.05) is 6.54 Å². The molecule has 0 aromatic heterocycles. The first-order valence-corrected chi connectivity index (χ1v) is 9.11. The van der Waals surface area contributed by atoms with Crippen LogP contribution in [0.15, 0.2) is 18.2 Å². The summed E-state index contributed by atoms with van der Waals surface area (Å²) in [6, 6.07) is 4.25. The Bertz CT molecular complexity index is 723. The van der Waals surface area contributed by atoms with Crippen molar-refractivity contribution in [2.45, 2.75) is 45.8 Å². The summed E-state index contributed by atoms with van der Waals surface area (Å²) in [5.74, 6) is -0.697. The molecule has 1 fully saturated rings. The molecule has 0 saturated carbocycles. The van der Waals surface area contributed by atoms with Gasteiger partial charge in [0, 0.05) is 15.6 Å². The normalized spacial score (nSPS) is 19.8. The monoisotopic (exact) mass is 400 g/mol. The van der Waals surface area contributed by atoms with Crippen molar-refractivity contribution in [1.82, 2.24) is 10.2 Å². The Labute approximate surface area is 162 Å². The van der Waals surface area contributed by atoms with E-state index in [4.69, 9.17) is 27.9 Å². The Morgan fingerprint density at radius 3 is 2.62 bits per heavy atom. The van der Waals surface area contributed by atoms with Crippen molar-refractivity contribution in [1.29, 1.82) is 0 Å². The van der Waals surface area contributed by atoms with E-state index in [-0.39, 0.29) is 6.61 Å². The summed E-state index contributed by atoms with van der Waals surface area (Å²) in [5, 5.41) is 3.53. The average Bonchev–Trinajstić information content (AvgIpc) is 2.76. The zero-order valence-electron chi connectivity index (χ0n) is 15.0. The van der Waals surface area contributed by atoms with E-state index in [0.29, 0.717) is 27.9 Å². The predicted molar refractivity (Wildman–Crippen MR) is 99.0 cm³/mol. The molecule has 1 N–H and O–H groups in total. The van der Waals surface area contributed by atoms with Crippen LogP contribution < -0.4 is 5.32 Å². The average molecular weight is 401 g/mol. The number of esters is 1. The van der Waals surface area contributed by atoms with Gasteiger partial charge >= 0.3 is 12.0 Å². The molecular formula is C18H22Cl2N2O4. The van der Waals surface area contributed by atoms with Gasteiger partial charge < -0.3 is 10.1 Å². The van der Waals surface area contributed by atoms with Crippen molar-refractivity contribution in [2.24, 2.45) is 5.92 Å². The van der Waals surface area contributed by atoms with E-state index in [2.05, 4.69) is 5.32 Å². The van der Waals surface area contributed by atoms with Crippen LogP contribution >= 0.6 is 23.2 Å². The summed E-state index contributed by atoms with van der Waals surface area (Å²) in [6.07, 6.45) is 1.30. The maximum atomic E-state index is 12.6. The van der Waals surface area contributed by atoms with E-state index in [1.807, 2.05) is 13.8 Å². The molecule has 6 nitrogen and oxygen atoms in total. The van der Waals surface area contributed by atoms with Crippen LogP contribution in [0.1, 0.15) is 39.2 Å². The molecule has 1 saturated heterocycles. The molecule has 2 rings (SSSR count). The maximum Gasteiger partial charge on any atom is 0.326 e. The minimum absolute atomic E-state index is 0.0664. The Morgan fingerprint density at radius 1 is 1.31 bits per heavy atom. The number of halogens is 2. The number of imide groups is 1. The number of rotatable bonds is 7. The Balaban J connectivity index is 1.93. The molecule has 0 aliphatic carbocycles. The van der Waals surface area contributed by atoms with Gasteiger partial charge in [0.2, 0.25) is 0 Å². The van der Waals surface area contributed by atoms with Crippen molar-refractivity contribution in [3.63, 3.8) is 0 Å². The molecule has 142 valence electrons. The van der Waals surface area contributed by atoms with Gasteiger partial charge in [0.1, 0.15) is 18.7 Å². The van der Waals surface area contributed by atoms with Crippen LogP contribution in [0, 0.1) is 5.92 Å². The Morgan fingerprint density at radius 2 is 2.00 bits per heavy atom. The number of ether oxygens (including phenoxy) is 1. The zero-order valence-corrected chi connectivity index (χ0v) is 16.5. The van der Waals surface area contributed by atoms with E-state index in [1.165, 1.54) is 0 Å². The third-order valence-electron chi connectivity index (χ3n) is 4.26. The highest BCUT2D eigenvalue weighted by atomic mass is 35.5. The number of amides is 3. The summed E-state index contributed by atoms with van der Waals surface area (Å²) < 4.78 is 5.13. The van der Waals surface area contributed by atoms with Crippen molar-refractivity contribution in [3.8, 4) is 0 Å². The lowest BCUT2D eigenvalue weighted by molar-refractivity contribution is -0.148. The van der Waals surface area contributed by atoms with Gasteiger partial charge in [-0.15, -0.1) is 0 Å². The quantitative estimate of drug-likeness (QED) is 0.557. The fourth-order valence-corrected chi connectivity index (χ4v) is 3.07. The number of carbonyl (C=O) groups excluding carboxylic acids is 3. The summed E-state index contributed by atoms with van der Waals surface area (Å²) in [4.78, 5) is 37.6. The summed E-state index contributed by atoms with van der Waals surface area (Å²) in [6.45, 7) is 5.26. The smallest absolute Gasteiger partial charge is 0.326 e. The summed E-state index contributed by atoms with van der Waals surface area (Å²) in [5.41, 5.74) is -0.399. The van der Waals surface area contributed by atoms with Crippen molar-refractivity contribution >= 4 is 41.1 Å². The molecule has 0 spiro atoms. The van der Waals surface area contributed by atoms with Gasteiger partial charge in [0.05, 0.1) is 0 Å². The molecule has 0 radical (unpaired) electrons. The molecule has 1 heterocycles. The standard InChI is InChI=1S/C18H22Cl2N2O4/c1-11(2)6-7-18(3)16(24)22(17(25)21-18)9-15(23)26-10-12-4-5-13(19)8-14(12)20/h4-5,8,11H,6-7,9-10H2,1-3H3,(H,21,25)/t18-/m1/s1. The Hall–Kier alpha value is -1.79. The third-order valence-corrected chi connectivity index (χ3v) is 4.84. The number of hydrogen-bond donors (Lipinski definition) is 1. The van der Waals surface area contributed by atoms with Gasteiger partial charge in [-0.05, 0) is 37.8 Å². The lowest BCUT2D eigenvalue weighted by Gasteiger charge is -2.22. The second-order valence-corrected chi connectivity index (χ2v) is 7.83. The first-order valence-electron chi connectivity index (χ1n) is 8.36. The van der Waals surface area contributed by atoms with Crippen molar-refractivity contribution in [3.05, 3.63) is 33.8 Å². The highest BCUT2D eigenvalue weighted by Crippen LogP contribution is 2.25. The number of nitrogens with one attached hydrogen (secondary N) is 1. The minimum Gasteiger partial charge on any atom is -0.459 e. The zero-order chi connectivity index (χ0) is 19.5. The molecule has 1 aliphatic rings. The molecular weight excluding hydrogens is 379 g/mol. The minimum atomic E-state index is -0.985. The molecule has 3 amide bonds. The molecule has 1 atom stereocenters. The first-order chi connectivity index (χ1) is 12.1. The van der Waals surface area contributed by atoms with Gasteiger partial charge in [-0.1, -0.05) is 43.1 Å². The SMILES string of the molecule is CC(C)CC[C@@]1(C)NC(=O)N(CC(=O)OCc2ccc(Cl)cc2Cl)C1=O. The number of hydrogen-bond acceptors (Lipinski definition) is 4. The predicted octanol–water partition coefficient (Wildman–Crippen LogP) is 3.78. The maximum absolute atomic E-state index is 12.6. The highest BCUT2D eigenvalue weighted by Gasteiger charge is 2.48. The second-order valence-electron chi connectivity index (χ2n) is 6.98. The number of nitrogens with zero attached hydrogens (tertiary/aromatic N) is 1. The van der Waals surface area contributed by atoms with Crippen LogP contribution in [-0.2, 0) is 20.9 Å². The van der Waals surface area contributed by atoms with E-state index in [1.54, 1.807) is 25.1 Å². The molecule has 26 heavy (non-hydrogen) atoms. The number of carbonyl (C=O) groups is 3. The molecule has 0 unspecified atom stereocenters. The van der Waals surface area contributed by atoms with Crippen LogP contribution in [0.4, 0.5) is 4.79 Å².